The van der Waals surface area contributed by atoms with Gasteiger partial charge in [0.1, 0.15) is 12.0 Å². The van der Waals surface area contributed by atoms with E-state index in [9.17, 15) is 0 Å². The van der Waals surface area contributed by atoms with Crippen LogP contribution in [0.5, 0.6) is 0 Å². The summed E-state index contributed by atoms with van der Waals surface area (Å²) in [5, 5.41) is 4.49. The quantitative estimate of drug-likeness (QED) is 0.809. The average molecular weight is 256 g/mol. The molecule has 2 aromatic heterocycles. The van der Waals surface area contributed by atoms with Crippen LogP contribution in [-0.2, 0) is 17.8 Å². The van der Waals surface area contributed by atoms with Gasteiger partial charge in [0.05, 0.1) is 24.3 Å². The van der Waals surface area contributed by atoms with Crippen LogP contribution in [-0.4, -0.2) is 34.6 Å². The third-order valence-electron chi connectivity index (χ3n) is 3.89. The molecule has 0 fully saturated rings. The minimum atomic E-state index is 0.668. The van der Waals surface area contributed by atoms with Crippen molar-refractivity contribution in [1.29, 1.82) is 0 Å². The molecule has 2 aliphatic heterocycles. The summed E-state index contributed by atoms with van der Waals surface area (Å²) in [6, 6.07) is 0. The number of aromatic nitrogens is 3. The number of rotatable bonds is 1. The predicted molar refractivity (Wildman–Crippen MR) is 72.7 cm³/mol. The number of fused-ring (bicyclic) bond motifs is 3. The Bertz CT molecular complexity index is 659. The van der Waals surface area contributed by atoms with E-state index in [1.807, 2.05) is 0 Å². The molecule has 4 heterocycles. The Kier molecular flexibility index (Phi) is 2.60. The van der Waals surface area contributed by atoms with Crippen molar-refractivity contribution >= 4 is 16.6 Å². The average Bonchev–Trinajstić information content (AvgIpc) is 2.86. The zero-order valence-electron chi connectivity index (χ0n) is 10.7. The van der Waals surface area contributed by atoms with Crippen LogP contribution in [0.2, 0.25) is 0 Å². The van der Waals surface area contributed by atoms with Crippen molar-refractivity contribution in [3.05, 3.63) is 29.4 Å². The van der Waals surface area contributed by atoms with Gasteiger partial charge in [0.15, 0.2) is 0 Å². The fraction of sp³-hybridized carbons (Fsp3) is 0.429. The van der Waals surface area contributed by atoms with E-state index in [0.29, 0.717) is 6.61 Å². The molecule has 5 heteroatoms. The molecule has 0 bridgehead atoms. The maximum Gasteiger partial charge on any atom is 0.141 e. The molecule has 0 amide bonds. The topological polar surface area (TPSA) is 62.8 Å². The maximum absolute atomic E-state index is 5.60. The van der Waals surface area contributed by atoms with Gasteiger partial charge in [0.25, 0.3) is 0 Å². The summed E-state index contributed by atoms with van der Waals surface area (Å²) in [6.07, 6.45) is 5.84. The first-order valence-electron chi connectivity index (χ1n) is 6.76. The minimum Gasteiger partial charge on any atom is -0.376 e. The number of nitrogens with zero attached hydrogens (tertiary/aromatic N) is 2. The van der Waals surface area contributed by atoms with Gasteiger partial charge in [-0.2, -0.15) is 0 Å². The van der Waals surface area contributed by atoms with Crippen LogP contribution in [0.1, 0.15) is 23.4 Å². The summed E-state index contributed by atoms with van der Waals surface area (Å²) in [5.41, 5.74) is 5.85. The summed E-state index contributed by atoms with van der Waals surface area (Å²) in [4.78, 5) is 12.3. The van der Waals surface area contributed by atoms with Gasteiger partial charge in [-0.05, 0) is 18.5 Å². The number of hydrogen-bond acceptors (Lipinski definition) is 4. The van der Waals surface area contributed by atoms with Gasteiger partial charge in [-0.3, -0.25) is 0 Å². The molecule has 2 aromatic rings. The third kappa shape index (κ3) is 1.77. The van der Waals surface area contributed by atoms with Gasteiger partial charge in [-0.25, -0.2) is 9.97 Å². The van der Waals surface area contributed by atoms with Crippen LogP contribution in [0, 0.1) is 0 Å². The monoisotopic (exact) mass is 256 g/mol. The molecule has 19 heavy (non-hydrogen) atoms. The van der Waals surface area contributed by atoms with Crippen molar-refractivity contribution in [1.82, 2.24) is 20.3 Å². The van der Waals surface area contributed by atoms with Crippen molar-refractivity contribution in [2.75, 3.05) is 19.7 Å². The molecule has 4 rings (SSSR count). The number of H-pyrrole nitrogens is 1. The molecule has 0 aromatic carbocycles. The zero-order chi connectivity index (χ0) is 12.7. The first-order valence-corrected chi connectivity index (χ1v) is 6.76. The highest BCUT2D eigenvalue weighted by Gasteiger charge is 2.21. The molecule has 0 atom stereocenters. The maximum atomic E-state index is 5.60. The van der Waals surface area contributed by atoms with Crippen LogP contribution >= 0.6 is 0 Å². The molecule has 0 aliphatic carbocycles. The largest absolute Gasteiger partial charge is 0.376 e. The fourth-order valence-electron chi connectivity index (χ4n) is 2.94. The van der Waals surface area contributed by atoms with Gasteiger partial charge in [-0.1, -0.05) is 6.08 Å². The molecule has 0 spiro atoms. The Hall–Kier alpha value is -1.72. The van der Waals surface area contributed by atoms with Crippen molar-refractivity contribution < 1.29 is 4.74 Å². The Morgan fingerprint density at radius 1 is 1.21 bits per heavy atom. The molecule has 0 radical (unpaired) electrons. The van der Waals surface area contributed by atoms with Crippen LogP contribution in [0.25, 0.3) is 16.6 Å². The first-order chi connectivity index (χ1) is 9.43. The molecule has 0 unspecified atom stereocenters. The highest BCUT2D eigenvalue weighted by molar-refractivity contribution is 5.92. The van der Waals surface area contributed by atoms with Crippen molar-refractivity contribution in [2.45, 2.75) is 19.4 Å². The predicted octanol–water partition coefficient (Wildman–Crippen LogP) is 1.41. The van der Waals surface area contributed by atoms with E-state index in [2.05, 4.69) is 26.3 Å². The van der Waals surface area contributed by atoms with Gasteiger partial charge < -0.3 is 15.0 Å². The van der Waals surface area contributed by atoms with Crippen LogP contribution in [0.3, 0.4) is 0 Å². The molecule has 0 saturated carbocycles. The van der Waals surface area contributed by atoms with E-state index in [0.717, 1.165) is 49.3 Å². The molecular formula is C14H16N4O. The van der Waals surface area contributed by atoms with E-state index in [1.54, 1.807) is 6.33 Å². The Balaban J connectivity index is 1.95. The SMILES string of the molecule is C1=C(c2ncnc3[nH]c4c(c23)COCC4)CCNC1. The second-order valence-corrected chi connectivity index (χ2v) is 5.01. The van der Waals surface area contributed by atoms with Crippen LogP contribution in [0.15, 0.2) is 12.4 Å². The summed E-state index contributed by atoms with van der Waals surface area (Å²) in [6.45, 7) is 3.39. The Labute approximate surface area is 111 Å². The van der Waals surface area contributed by atoms with E-state index < -0.39 is 0 Å². The van der Waals surface area contributed by atoms with E-state index in [4.69, 9.17) is 4.74 Å². The summed E-state index contributed by atoms with van der Waals surface area (Å²) in [7, 11) is 0. The lowest BCUT2D eigenvalue weighted by Gasteiger charge is -2.16. The molecular weight excluding hydrogens is 240 g/mol. The fourth-order valence-corrected chi connectivity index (χ4v) is 2.94. The molecule has 5 nitrogen and oxygen atoms in total. The van der Waals surface area contributed by atoms with E-state index >= 15 is 0 Å². The highest BCUT2D eigenvalue weighted by atomic mass is 16.5. The number of nitrogens with one attached hydrogen (secondary N) is 2. The summed E-state index contributed by atoms with van der Waals surface area (Å²) in [5.74, 6) is 0. The molecule has 98 valence electrons. The number of hydrogen-bond donors (Lipinski definition) is 2. The van der Waals surface area contributed by atoms with Gasteiger partial charge in [0.2, 0.25) is 0 Å². The van der Waals surface area contributed by atoms with Crippen molar-refractivity contribution in [3.8, 4) is 0 Å². The minimum absolute atomic E-state index is 0.668. The van der Waals surface area contributed by atoms with Crippen molar-refractivity contribution in [2.24, 2.45) is 0 Å². The molecule has 2 aliphatic rings. The van der Waals surface area contributed by atoms with E-state index in [1.165, 1.54) is 16.8 Å². The highest BCUT2D eigenvalue weighted by Crippen LogP contribution is 2.31. The second kappa shape index (κ2) is 4.43. The number of ether oxygens (including phenoxy) is 1. The second-order valence-electron chi connectivity index (χ2n) is 5.01. The summed E-state index contributed by atoms with van der Waals surface area (Å²) >= 11 is 0. The third-order valence-corrected chi connectivity index (χ3v) is 3.89. The van der Waals surface area contributed by atoms with E-state index in [-0.39, 0.29) is 0 Å². The number of aromatic amines is 1. The normalized spacial score (nSPS) is 19.3. The van der Waals surface area contributed by atoms with Crippen LogP contribution < -0.4 is 5.32 Å². The Morgan fingerprint density at radius 3 is 3.11 bits per heavy atom. The van der Waals surface area contributed by atoms with Gasteiger partial charge in [0, 0.05) is 24.2 Å². The molecule has 2 N–H and O–H groups in total. The Morgan fingerprint density at radius 2 is 2.21 bits per heavy atom. The zero-order valence-corrected chi connectivity index (χ0v) is 10.7. The standard InChI is InChI=1S/C14H16N4O/c1-4-15-5-2-9(1)13-12-10-7-19-6-3-11(10)18-14(12)17-8-16-13/h1,8,15H,2-7H2,(H,16,17,18). The lowest BCUT2D eigenvalue weighted by molar-refractivity contribution is 0.111. The first kappa shape index (κ1) is 11.1. The van der Waals surface area contributed by atoms with Gasteiger partial charge >= 0.3 is 0 Å². The smallest absolute Gasteiger partial charge is 0.141 e. The van der Waals surface area contributed by atoms with Crippen molar-refractivity contribution in [3.63, 3.8) is 0 Å². The molecule has 0 saturated heterocycles. The van der Waals surface area contributed by atoms with Crippen LogP contribution in [0.4, 0.5) is 0 Å². The lowest BCUT2D eigenvalue weighted by Crippen LogP contribution is -2.20. The van der Waals surface area contributed by atoms with Gasteiger partial charge in [-0.15, -0.1) is 0 Å². The lowest BCUT2D eigenvalue weighted by atomic mass is 10.00. The summed E-state index contributed by atoms with van der Waals surface area (Å²) < 4.78 is 5.60.